The molecule has 0 radical (unpaired) electrons. The third-order valence-corrected chi connectivity index (χ3v) is 19.6. The molecule has 67 heavy (non-hydrogen) atoms. The highest BCUT2D eigenvalue weighted by atomic mass is 15.1. The predicted octanol–water partition coefficient (Wildman–Crippen LogP) is 17.5. The van der Waals surface area contributed by atoms with Gasteiger partial charge in [0, 0.05) is 44.1 Å². The minimum Gasteiger partial charge on any atom is -0.310 e. The number of allylic oxidation sites excluding steroid dienone is 1. The maximum absolute atomic E-state index is 2.73. The van der Waals surface area contributed by atoms with Crippen LogP contribution in [0.3, 0.4) is 0 Å². The highest BCUT2D eigenvalue weighted by Crippen LogP contribution is 2.66. The first kappa shape index (κ1) is 38.9. The normalized spacial score (nSPS) is 21.0. The van der Waals surface area contributed by atoms with E-state index in [9.17, 15) is 0 Å². The lowest BCUT2D eigenvalue weighted by atomic mass is 9.60. The molecule has 1 unspecified atom stereocenters. The topological polar surface area (TPSA) is 3.24 Å². The molecule has 0 aliphatic heterocycles. The van der Waals surface area contributed by atoms with Gasteiger partial charge in [0.2, 0.25) is 0 Å². The molecule has 0 bridgehead atoms. The molecule has 328 valence electrons. The molecule has 0 saturated carbocycles. The molecule has 1 atom stereocenters. The summed E-state index contributed by atoms with van der Waals surface area (Å²) >= 11 is 0. The summed E-state index contributed by atoms with van der Waals surface area (Å²) < 4.78 is 0. The van der Waals surface area contributed by atoms with Gasteiger partial charge in [-0.2, -0.15) is 0 Å². The monoisotopic (exact) mass is 865 g/mol. The van der Waals surface area contributed by atoms with Crippen LogP contribution in [0.5, 0.6) is 0 Å². The molecule has 1 heteroatoms. The Kier molecular flexibility index (Phi) is 6.61. The van der Waals surface area contributed by atoms with Gasteiger partial charge in [-0.3, -0.25) is 0 Å². The van der Waals surface area contributed by atoms with Gasteiger partial charge in [-0.15, -0.1) is 0 Å². The minimum atomic E-state index is -0.208. The third kappa shape index (κ3) is 4.18. The standard InChI is InChI=1S/C66H59N/c1-61(2)40-19-13-16-34-22-25-43-58(52(34)40)55-46(61)28-37(31-49(55)64(43,7)8)67(38-29-47-56-50(32-38)65(9,10)44-26-23-35-17-14-20-41(62(47,3)4)53(35)59(44)56)39-30-48-57-51(33-39)66(11,12)45-27-24-36-18-15-21-42(63(48,5)6)54(36)60(45)57/h13-20,22-33,42H,21H2,1-12H3. The first-order valence-electron chi connectivity index (χ1n) is 25.1. The molecular weight excluding hydrogens is 807 g/mol. The van der Waals surface area contributed by atoms with E-state index < -0.39 is 0 Å². The van der Waals surface area contributed by atoms with Gasteiger partial charge in [-0.05, 0) is 181 Å². The van der Waals surface area contributed by atoms with Crippen LogP contribution in [0.2, 0.25) is 0 Å². The highest BCUT2D eigenvalue weighted by Gasteiger charge is 2.51. The summed E-state index contributed by atoms with van der Waals surface area (Å²) in [7, 11) is 0. The lowest BCUT2D eigenvalue weighted by Gasteiger charge is -2.44. The molecule has 8 aromatic rings. The number of rotatable bonds is 3. The van der Waals surface area contributed by atoms with Crippen LogP contribution in [0.1, 0.15) is 168 Å². The fourth-order valence-electron chi connectivity index (χ4n) is 15.8. The van der Waals surface area contributed by atoms with Gasteiger partial charge in [-0.25, -0.2) is 0 Å². The van der Waals surface area contributed by atoms with E-state index in [0.29, 0.717) is 5.92 Å². The summed E-state index contributed by atoms with van der Waals surface area (Å²) in [5.74, 6) is 0.420. The Morgan fingerprint density at radius 1 is 0.373 bits per heavy atom. The van der Waals surface area contributed by atoms with E-state index in [2.05, 4.69) is 209 Å². The van der Waals surface area contributed by atoms with Crippen molar-refractivity contribution in [1.29, 1.82) is 0 Å². The molecule has 7 aliphatic carbocycles. The van der Waals surface area contributed by atoms with Crippen molar-refractivity contribution in [3.63, 3.8) is 0 Å². The van der Waals surface area contributed by atoms with Crippen molar-refractivity contribution in [2.24, 2.45) is 0 Å². The van der Waals surface area contributed by atoms with Gasteiger partial charge in [0.1, 0.15) is 0 Å². The Balaban J connectivity index is 1.07. The van der Waals surface area contributed by atoms with Crippen LogP contribution < -0.4 is 4.90 Å². The zero-order valence-electron chi connectivity index (χ0n) is 41.3. The Morgan fingerprint density at radius 3 is 1.22 bits per heavy atom. The Hall–Kier alpha value is -6.18. The van der Waals surface area contributed by atoms with E-state index in [1.54, 1.807) is 5.56 Å². The van der Waals surface area contributed by atoms with Gasteiger partial charge in [0.05, 0.1) is 0 Å². The fourth-order valence-corrected chi connectivity index (χ4v) is 15.8. The van der Waals surface area contributed by atoms with Crippen LogP contribution in [0.25, 0.3) is 61.0 Å². The van der Waals surface area contributed by atoms with E-state index in [1.165, 1.54) is 139 Å². The molecule has 0 aromatic heterocycles. The molecule has 0 N–H and O–H groups in total. The lowest BCUT2D eigenvalue weighted by molar-refractivity contribution is 0.406. The first-order chi connectivity index (χ1) is 31.8. The second-order valence-corrected chi connectivity index (χ2v) is 24.9. The maximum atomic E-state index is 2.73. The predicted molar refractivity (Wildman–Crippen MR) is 283 cm³/mol. The zero-order valence-corrected chi connectivity index (χ0v) is 41.3. The minimum absolute atomic E-state index is 0.0768. The summed E-state index contributed by atoms with van der Waals surface area (Å²) in [5.41, 5.74) is 30.7. The van der Waals surface area contributed by atoms with Crippen molar-refractivity contribution < 1.29 is 0 Å². The quantitative estimate of drug-likeness (QED) is 0.171. The van der Waals surface area contributed by atoms with Crippen LogP contribution in [-0.2, 0) is 32.5 Å². The first-order valence-corrected chi connectivity index (χ1v) is 25.1. The van der Waals surface area contributed by atoms with Gasteiger partial charge in [-0.1, -0.05) is 168 Å². The second kappa shape index (κ2) is 11.4. The maximum Gasteiger partial charge on any atom is 0.0468 e. The van der Waals surface area contributed by atoms with E-state index >= 15 is 0 Å². The van der Waals surface area contributed by atoms with Gasteiger partial charge >= 0.3 is 0 Å². The molecule has 7 aliphatic rings. The molecule has 0 amide bonds. The van der Waals surface area contributed by atoms with E-state index in [-0.39, 0.29) is 32.5 Å². The van der Waals surface area contributed by atoms with Gasteiger partial charge < -0.3 is 4.90 Å². The molecule has 15 rings (SSSR count). The van der Waals surface area contributed by atoms with Crippen molar-refractivity contribution in [2.75, 3.05) is 4.90 Å². The Bertz CT molecular complexity index is 3610. The lowest BCUT2D eigenvalue weighted by Crippen LogP contribution is -2.33. The van der Waals surface area contributed by atoms with Crippen molar-refractivity contribution >= 4 is 44.7 Å². The van der Waals surface area contributed by atoms with Gasteiger partial charge in [0.25, 0.3) is 0 Å². The Labute approximate surface area is 396 Å². The summed E-state index contributed by atoms with van der Waals surface area (Å²) in [5, 5.41) is 5.60. The largest absolute Gasteiger partial charge is 0.310 e. The van der Waals surface area contributed by atoms with E-state index in [0.717, 1.165) is 6.42 Å². The van der Waals surface area contributed by atoms with Crippen molar-refractivity contribution in [3.8, 4) is 33.4 Å². The summed E-state index contributed by atoms with van der Waals surface area (Å²) in [6.45, 7) is 29.9. The molecule has 0 spiro atoms. The van der Waals surface area contributed by atoms with Crippen LogP contribution >= 0.6 is 0 Å². The number of hydrogen-bond donors (Lipinski definition) is 0. The molecule has 0 fully saturated rings. The Morgan fingerprint density at radius 2 is 0.761 bits per heavy atom. The van der Waals surface area contributed by atoms with E-state index in [1.807, 2.05) is 0 Å². The van der Waals surface area contributed by atoms with Gasteiger partial charge in [0.15, 0.2) is 0 Å². The van der Waals surface area contributed by atoms with Crippen molar-refractivity contribution in [1.82, 2.24) is 0 Å². The SMILES string of the molecule is CC1(C)c2cc(N(c3cc4c5c(c3)C(C)(C)c3cccc6ccc(c-5c36)C4(C)C)c3cc4c5c(c3)C(C)(C)c3cccc6ccc(c-5c36)C4(C)C)cc3c2-c2c1ccc1c2C(CC=C1)C3(C)C. The number of hydrogen-bond acceptors (Lipinski definition) is 1. The number of nitrogens with zero attached hydrogens (tertiary/aromatic N) is 1. The smallest absolute Gasteiger partial charge is 0.0468 e. The van der Waals surface area contributed by atoms with Crippen LogP contribution in [0, 0.1) is 0 Å². The van der Waals surface area contributed by atoms with Crippen molar-refractivity contribution in [3.05, 3.63) is 188 Å². The third-order valence-electron chi connectivity index (χ3n) is 19.6. The van der Waals surface area contributed by atoms with E-state index in [4.69, 9.17) is 0 Å². The molecular formula is C66H59N. The van der Waals surface area contributed by atoms with Crippen molar-refractivity contribution in [2.45, 2.75) is 128 Å². The summed E-state index contributed by atoms with van der Waals surface area (Å²) in [6.07, 6.45) is 5.90. The molecule has 8 aromatic carbocycles. The number of anilines is 3. The zero-order chi connectivity index (χ0) is 46.0. The molecule has 1 nitrogen and oxygen atoms in total. The van der Waals surface area contributed by atoms with Crippen LogP contribution in [-0.4, -0.2) is 0 Å². The molecule has 0 heterocycles. The van der Waals surface area contributed by atoms with Crippen LogP contribution in [0.15, 0.2) is 115 Å². The molecule has 0 saturated heterocycles. The average Bonchev–Trinajstić information content (AvgIpc) is 3.79. The summed E-state index contributed by atoms with van der Waals surface area (Å²) in [6, 6.07) is 44.4. The number of benzene rings is 8. The average molecular weight is 866 g/mol. The fraction of sp³-hybridized carbons (Fsp3) is 0.303. The highest BCUT2D eigenvalue weighted by molar-refractivity contribution is 6.11. The second-order valence-electron chi connectivity index (χ2n) is 24.9. The summed E-state index contributed by atoms with van der Waals surface area (Å²) in [4.78, 5) is 2.73. The van der Waals surface area contributed by atoms with Crippen LogP contribution in [0.4, 0.5) is 17.1 Å².